The molecule has 1 N–H and O–H groups in total. The van der Waals surface area contributed by atoms with Crippen molar-refractivity contribution in [1.29, 1.82) is 0 Å². The zero-order valence-corrected chi connectivity index (χ0v) is 13.9. The van der Waals surface area contributed by atoms with E-state index in [-0.39, 0.29) is 0 Å². The lowest BCUT2D eigenvalue weighted by Crippen LogP contribution is -2.32. The number of benzene rings is 1. The Bertz CT molecular complexity index is 377. The van der Waals surface area contributed by atoms with Crippen molar-refractivity contribution in [3.05, 3.63) is 34.4 Å². The van der Waals surface area contributed by atoms with Gasteiger partial charge in [-0.15, -0.1) is 0 Å². The number of aryl methyl sites for hydroxylation is 3. The first kappa shape index (κ1) is 17.2. The minimum absolute atomic E-state index is 0.511. The van der Waals surface area contributed by atoms with Gasteiger partial charge in [0.2, 0.25) is 0 Å². The third-order valence-electron chi connectivity index (χ3n) is 3.74. The molecule has 0 spiro atoms. The summed E-state index contributed by atoms with van der Waals surface area (Å²) in [6, 6.07) is 5.09. The van der Waals surface area contributed by atoms with Crippen molar-refractivity contribution < 1.29 is 4.74 Å². The van der Waals surface area contributed by atoms with Crippen molar-refractivity contribution >= 4 is 0 Å². The second-order valence-corrected chi connectivity index (χ2v) is 5.74. The Morgan fingerprint density at radius 2 is 1.70 bits per heavy atom. The van der Waals surface area contributed by atoms with E-state index in [1.807, 2.05) is 0 Å². The van der Waals surface area contributed by atoms with Crippen molar-refractivity contribution in [2.75, 3.05) is 19.8 Å². The highest BCUT2D eigenvalue weighted by Gasteiger charge is 2.12. The summed E-state index contributed by atoms with van der Waals surface area (Å²) in [5.74, 6) is 0. The lowest BCUT2D eigenvalue weighted by molar-refractivity contribution is 0.124. The molecule has 2 nitrogen and oxygen atoms in total. The Kier molecular flexibility index (Phi) is 7.86. The largest absolute Gasteiger partial charge is 0.381 e. The molecule has 0 saturated carbocycles. The quantitative estimate of drug-likeness (QED) is 0.690. The van der Waals surface area contributed by atoms with Gasteiger partial charge >= 0.3 is 0 Å². The van der Waals surface area contributed by atoms with E-state index in [1.165, 1.54) is 22.3 Å². The van der Waals surface area contributed by atoms with Crippen LogP contribution in [0.3, 0.4) is 0 Å². The molecule has 1 aromatic carbocycles. The zero-order valence-electron chi connectivity index (χ0n) is 13.9. The Labute approximate surface area is 124 Å². The van der Waals surface area contributed by atoms with Gasteiger partial charge in [0, 0.05) is 19.3 Å². The average molecular weight is 277 g/mol. The van der Waals surface area contributed by atoms with E-state index in [9.17, 15) is 0 Å². The predicted molar refractivity (Wildman–Crippen MR) is 87.5 cm³/mol. The van der Waals surface area contributed by atoms with Crippen LogP contribution in [0.2, 0.25) is 0 Å². The van der Waals surface area contributed by atoms with Crippen molar-refractivity contribution in [2.45, 2.75) is 59.9 Å². The highest BCUT2D eigenvalue weighted by Crippen LogP contribution is 2.19. The van der Waals surface area contributed by atoms with Crippen LogP contribution in [0.25, 0.3) is 0 Å². The second-order valence-electron chi connectivity index (χ2n) is 5.74. The van der Waals surface area contributed by atoms with Gasteiger partial charge in [0.15, 0.2) is 0 Å². The highest BCUT2D eigenvalue weighted by molar-refractivity contribution is 5.38. The third kappa shape index (κ3) is 5.64. The predicted octanol–water partition coefficient (Wildman–Crippen LogP) is 3.95. The first-order chi connectivity index (χ1) is 9.58. The van der Waals surface area contributed by atoms with Crippen molar-refractivity contribution in [2.24, 2.45) is 0 Å². The van der Waals surface area contributed by atoms with E-state index in [2.05, 4.69) is 52.1 Å². The fourth-order valence-corrected chi connectivity index (χ4v) is 2.82. The second kappa shape index (κ2) is 9.15. The fourth-order valence-electron chi connectivity index (χ4n) is 2.82. The van der Waals surface area contributed by atoms with Gasteiger partial charge in [0.25, 0.3) is 0 Å². The van der Waals surface area contributed by atoms with Crippen molar-refractivity contribution in [3.8, 4) is 0 Å². The van der Waals surface area contributed by atoms with Crippen LogP contribution in [0.15, 0.2) is 12.1 Å². The van der Waals surface area contributed by atoms with Crippen LogP contribution >= 0.6 is 0 Å². The Morgan fingerprint density at radius 3 is 2.25 bits per heavy atom. The minimum Gasteiger partial charge on any atom is -0.381 e. The molecule has 0 aliphatic rings. The van der Waals surface area contributed by atoms with Crippen molar-refractivity contribution in [3.63, 3.8) is 0 Å². The number of likely N-dealkylation sites (N-methyl/N-ethyl adjacent to an activating group) is 1. The van der Waals surface area contributed by atoms with Gasteiger partial charge in [-0.3, -0.25) is 0 Å². The fraction of sp³-hybridized carbons (Fsp3) is 0.667. The molecule has 0 aliphatic carbocycles. The molecule has 0 radical (unpaired) electrons. The van der Waals surface area contributed by atoms with Gasteiger partial charge in [0.1, 0.15) is 0 Å². The molecule has 0 heterocycles. The maximum absolute atomic E-state index is 5.64. The summed E-state index contributed by atoms with van der Waals surface area (Å²) in [4.78, 5) is 0. The summed E-state index contributed by atoms with van der Waals surface area (Å²) in [5.41, 5.74) is 5.69. The number of nitrogens with one attached hydrogen (secondary N) is 1. The van der Waals surface area contributed by atoms with Gasteiger partial charge in [-0.1, -0.05) is 31.5 Å². The van der Waals surface area contributed by atoms with Crippen LogP contribution in [-0.4, -0.2) is 25.8 Å². The van der Waals surface area contributed by atoms with Crippen LogP contribution in [0.1, 0.15) is 48.9 Å². The van der Waals surface area contributed by atoms with Crippen LogP contribution < -0.4 is 5.32 Å². The van der Waals surface area contributed by atoms with Gasteiger partial charge in [-0.25, -0.2) is 0 Å². The van der Waals surface area contributed by atoms with E-state index in [0.29, 0.717) is 6.04 Å². The topological polar surface area (TPSA) is 21.3 Å². The molecule has 0 amide bonds. The molecule has 1 aromatic rings. The average Bonchev–Trinajstić information content (AvgIpc) is 2.38. The number of hydrogen-bond donors (Lipinski definition) is 1. The molecule has 1 rings (SSSR count). The van der Waals surface area contributed by atoms with Gasteiger partial charge in [0.05, 0.1) is 0 Å². The Hall–Kier alpha value is -0.860. The molecule has 20 heavy (non-hydrogen) atoms. The SMILES string of the molecule is CCCOCCC(Cc1c(C)cc(C)cc1C)NCC. The summed E-state index contributed by atoms with van der Waals surface area (Å²) in [5, 5.41) is 3.60. The monoisotopic (exact) mass is 277 g/mol. The smallest absolute Gasteiger partial charge is 0.0480 e. The summed E-state index contributed by atoms with van der Waals surface area (Å²) in [6.07, 6.45) is 3.28. The molecule has 1 unspecified atom stereocenters. The molecule has 0 aromatic heterocycles. The normalized spacial score (nSPS) is 12.7. The van der Waals surface area contributed by atoms with E-state index >= 15 is 0 Å². The van der Waals surface area contributed by atoms with Gasteiger partial charge in [-0.05, 0) is 63.3 Å². The maximum Gasteiger partial charge on any atom is 0.0480 e. The number of rotatable bonds is 9. The molecular formula is C18H31NO. The summed E-state index contributed by atoms with van der Waals surface area (Å²) < 4.78 is 5.64. The molecule has 0 aliphatic heterocycles. The lowest BCUT2D eigenvalue weighted by Gasteiger charge is -2.21. The van der Waals surface area contributed by atoms with E-state index in [0.717, 1.165) is 39.0 Å². The van der Waals surface area contributed by atoms with Crippen LogP contribution in [0, 0.1) is 20.8 Å². The van der Waals surface area contributed by atoms with E-state index in [4.69, 9.17) is 4.74 Å². The standard InChI is InChI=1S/C18H31NO/c1-6-9-20-10-8-17(19-7-2)13-18-15(4)11-14(3)12-16(18)5/h11-12,17,19H,6-10,13H2,1-5H3. The molecule has 0 bridgehead atoms. The van der Waals surface area contributed by atoms with Gasteiger partial charge in [-0.2, -0.15) is 0 Å². The summed E-state index contributed by atoms with van der Waals surface area (Å²) in [7, 11) is 0. The van der Waals surface area contributed by atoms with Gasteiger partial charge < -0.3 is 10.1 Å². The lowest BCUT2D eigenvalue weighted by atomic mass is 9.93. The summed E-state index contributed by atoms with van der Waals surface area (Å²) in [6.45, 7) is 13.7. The molecule has 114 valence electrons. The summed E-state index contributed by atoms with van der Waals surface area (Å²) >= 11 is 0. The number of hydrogen-bond acceptors (Lipinski definition) is 2. The Balaban J connectivity index is 2.65. The molecule has 0 saturated heterocycles. The van der Waals surface area contributed by atoms with Crippen LogP contribution in [0.4, 0.5) is 0 Å². The van der Waals surface area contributed by atoms with Crippen LogP contribution in [-0.2, 0) is 11.2 Å². The van der Waals surface area contributed by atoms with E-state index < -0.39 is 0 Å². The first-order valence-corrected chi connectivity index (χ1v) is 7.96. The highest BCUT2D eigenvalue weighted by atomic mass is 16.5. The molecule has 2 heteroatoms. The number of ether oxygens (including phenoxy) is 1. The Morgan fingerprint density at radius 1 is 1.05 bits per heavy atom. The molecular weight excluding hydrogens is 246 g/mol. The minimum atomic E-state index is 0.511. The molecule has 1 atom stereocenters. The third-order valence-corrected chi connectivity index (χ3v) is 3.74. The first-order valence-electron chi connectivity index (χ1n) is 7.96. The molecule has 0 fully saturated rings. The van der Waals surface area contributed by atoms with Crippen LogP contribution in [0.5, 0.6) is 0 Å². The van der Waals surface area contributed by atoms with E-state index in [1.54, 1.807) is 0 Å². The van der Waals surface area contributed by atoms with Crippen molar-refractivity contribution in [1.82, 2.24) is 5.32 Å². The zero-order chi connectivity index (χ0) is 15.0. The maximum atomic E-state index is 5.64.